The Bertz CT molecular complexity index is 2950. The van der Waals surface area contributed by atoms with E-state index in [9.17, 15) is 9.59 Å². The standard InChI is InChI=1S/C49H44Cl2N2O12P2S/c1-33-31-53(48(55)52-47(33)54)46-30-44(45(60-46)32-59-49(34-13-7-4-8-14-34,35-19-23-37(57-2)24-20-35)36-21-25-38(58-3)26-22-36)64-67(68,63-41-27-28-42(50)43(51)29-41)65-66(56,61-39-15-9-5-10-16-39)62-40-17-11-6-12-18-40/h4-29,31,44-46H,30,32H2,1-3H3,(H,52,54,55)/t44-,45+,46+,67?/m0/s1. The van der Waals surface area contributed by atoms with Crippen molar-refractivity contribution < 1.29 is 45.9 Å². The van der Waals surface area contributed by atoms with Crippen molar-refractivity contribution >= 4 is 49.6 Å². The Hall–Kier alpha value is -5.70. The van der Waals surface area contributed by atoms with Gasteiger partial charge in [-0.05, 0) is 84.3 Å². The van der Waals surface area contributed by atoms with E-state index in [0.29, 0.717) is 11.5 Å². The van der Waals surface area contributed by atoms with E-state index in [0.717, 1.165) is 16.7 Å². The first kappa shape index (κ1) is 48.7. The summed E-state index contributed by atoms with van der Waals surface area (Å²) in [5, 5.41) is 0.341. The van der Waals surface area contributed by atoms with Gasteiger partial charge in [0.2, 0.25) is 0 Å². The number of hydrogen-bond donors (Lipinski definition) is 1. The summed E-state index contributed by atoms with van der Waals surface area (Å²) >= 11 is 18.9. The SMILES string of the molecule is COc1ccc(C(OC[C@H]2O[C@@H](n3cc(C)c(=O)[nH]c3=O)C[C@@H]2OP(=S)(Oc2ccc(Cl)c(Cl)c2)OP(=O)(Oc2ccccc2)Oc2ccccc2)(c2ccccc2)c2ccc(OC)cc2)cc1. The summed E-state index contributed by atoms with van der Waals surface area (Å²) in [4.78, 5) is 28.4. The molecule has 0 amide bonds. The predicted octanol–water partition coefficient (Wildman–Crippen LogP) is 11.4. The molecule has 14 nitrogen and oxygen atoms in total. The normalized spacial score (nSPS) is 16.9. The molecule has 1 unspecified atom stereocenters. The molecule has 8 rings (SSSR count). The summed E-state index contributed by atoms with van der Waals surface area (Å²) in [6.07, 6.45) is -1.98. The number of halogens is 2. The summed E-state index contributed by atoms with van der Waals surface area (Å²) in [6, 6.07) is 45.4. The topological polar surface area (TPSA) is 155 Å². The van der Waals surface area contributed by atoms with Crippen LogP contribution in [0.5, 0.6) is 28.7 Å². The third-order valence-electron chi connectivity index (χ3n) is 10.8. The van der Waals surface area contributed by atoms with E-state index >= 15 is 4.57 Å². The minimum Gasteiger partial charge on any atom is -0.497 e. The zero-order chi connectivity index (χ0) is 47.9. The van der Waals surface area contributed by atoms with Crippen molar-refractivity contribution in [2.45, 2.75) is 37.4 Å². The number of ether oxygens (including phenoxy) is 4. The van der Waals surface area contributed by atoms with Gasteiger partial charge in [-0.15, -0.1) is 0 Å². The van der Waals surface area contributed by atoms with E-state index in [1.807, 2.05) is 78.9 Å². The average molecular weight is 1020 g/mol. The van der Waals surface area contributed by atoms with E-state index in [4.69, 9.17) is 76.4 Å². The minimum atomic E-state index is -4.84. The number of benzene rings is 6. The molecule has 4 atom stereocenters. The van der Waals surface area contributed by atoms with E-state index in [2.05, 4.69) is 4.98 Å². The van der Waals surface area contributed by atoms with Gasteiger partial charge in [0.05, 0.1) is 30.9 Å². The lowest BCUT2D eigenvalue weighted by molar-refractivity contribution is -0.0922. The molecular formula is C49H44Cl2N2O12P2S. The number of hydrogen-bond acceptors (Lipinski definition) is 13. The second kappa shape index (κ2) is 21.3. The molecule has 7 aromatic rings. The van der Waals surface area contributed by atoms with Gasteiger partial charge in [-0.1, -0.05) is 114 Å². The number of aromatic amines is 1. The van der Waals surface area contributed by atoms with Crippen LogP contribution >= 0.6 is 37.7 Å². The molecule has 1 saturated heterocycles. The van der Waals surface area contributed by atoms with Crippen LogP contribution in [0.3, 0.4) is 0 Å². The maximum Gasteiger partial charge on any atom is 0.595 e. The molecule has 19 heteroatoms. The predicted molar refractivity (Wildman–Crippen MR) is 262 cm³/mol. The molecule has 1 fully saturated rings. The van der Waals surface area contributed by atoms with Gasteiger partial charge in [-0.2, -0.15) is 4.31 Å². The second-order valence-corrected chi connectivity index (χ2v) is 20.6. The van der Waals surface area contributed by atoms with Crippen molar-refractivity contribution in [3.8, 4) is 28.7 Å². The maximum atomic E-state index is 15.1. The van der Waals surface area contributed by atoms with Crippen LogP contribution < -0.4 is 34.3 Å². The van der Waals surface area contributed by atoms with Crippen molar-refractivity contribution in [1.29, 1.82) is 0 Å². The number of phosphoric ester groups is 1. The molecule has 1 aliphatic heterocycles. The molecule has 68 heavy (non-hydrogen) atoms. The van der Waals surface area contributed by atoms with Gasteiger partial charge in [0, 0.05) is 36.1 Å². The second-order valence-electron chi connectivity index (χ2n) is 15.3. The van der Waals surface area contributed by atoms with Crippen molar-refractivity contribution in [2.75, 3.05) is 20.8 Å². The van der Waals surface area contributed by atoms with Crippen molar-refractivity contribution in [3.05, 3.63) is 217 Å². The van der Waals surface area contributed by atoms with Gasteiger partial charge in [0.25, 0.3) is 5.56 Å². The van der Waals surface area contributed by atoms with Crippen molar-refractivity contribution in [1.82, 2.24) is 9.55 Å². The largest absolute Gasteiger partial charge is 0.595 e. The monoisotopic (exact) mass is 1020 g/mol. The lowest BCUT2D eigenvalue weighted by Gasteiger charge is -2.37. The van der Waals surface area contributed by atoms with Crippen LogP contribution in [0.4, 0.5) is 0 Å². The quantitative estimate of drug-likeness (QED) is 0.0604. The van der Waals surface area contributed by atoms with Crippen LogP contribution in [0.25, 0.3) is 0 Å². The van der Waals surface area contributed by atoms with Crippen LogP contribution in [0.1, 0.15) is 34.9 Å². The first-order chi connectivity index (χ1) is 32.8. The molecule has 2 heterocycles. The Kier molecular flexibility index (Phi) is 15.3. The zero-order valence-electron chi connectivity index (χ0n) is 36.6. The number of phosphoric acid groups is 1. The molecule has 0 bridgehead atoms. The van der Waals surface area contributed by atoms with Gasteiger partial charge < -0.3 is 32.5 Å². The van der Waals surface area contributed by atoms with Gasteiger partial charge >= 0.3 is 20.2 Å². The average Bonchev–Trinajstić information content (AvgIpc) is 3.73. The Morgan fingerprint density at radius 2 is 1.21 bits per heavy atom. The molecular weight excluding hydrogens is 973 g/mol. The van der Waals surface area contributed by atoms with E-state index in [-0.39, 0.29) is 45.9 Å². The third-order valence-corrected chi connectivity index (χ3v) is 16.0. The molecule has 0 aliphatic carbocycles. The number of rotatable bonds is 19. The molecule has 0 saturated carbocycles. The molecule has 0 radical (unpaired) electrons. The molecule has 1 aliphatic rings. The number of aryl methyl sites for hydroxylation is 1. The van der Waals surface area contributed by atoms with Gasteiger partial charge in [-0.25, -0.2) is 9.36 Å². The number of methoxy groups -OCH3 is 2. The maximum absolute atomic E-state index is 15.1. The first-order valence-electron chi connectivity index (χ1n) is 21.0. The summed E-state index contributed by atoms with van der Waals surface area (Å²) < 4.78 is 72.8. The highest BCUT2D eigenvalue weighted by Gasteiger charge is 2.49. The fourth-order valence-corrected chi connectivity index (χ4v) is 12.4. The van der Waals surface area contributed by atoms with Crippen molar-refractivity contribution in [2.24, 2.45) is 0 Å². The number of aromatic nitrogens is 2. The fraction of sp³-hybridized carbons (Fsp3) is 0.184. The third kappa shape index (κ3) is 11.2. The van der Waals surface area contributed by atoms with Crippen LogP contribution in [-0.2, 0) is 40.3 Å². The Morgan fingerprint density at radius 1 is 0.691 bits per heavy atom. The Morgan fingerprint density at radius 3 is 1.74 bits per heavy atom. The van der Waals surface area contributed by atoms with Crippen LogP contribution in [0.15, 0.2) is 174 Å². The van der Waals surface area contributed by atoms with E-state index < -0.39 is 49.8 Å². The van der Waals surface area contributed by atoms with Crippen LogP contribution in [0.2, 0.25) is 10.0 Å². The minimum absolute atomic E-state index is 0.0477. The molecule has 1 aromatic heterocycles. The van der Waals surface area contributed by atoms with Crippen LogP contribution in [-0.4, -0.2) is 42.6 Å². The van der Waals surface area contributed by atoms with E-state index in [1.165, 1.54) is 29.0 Å². The summed E-state index contributed by atoms with van der Waals surface area (Å²) in [5.41, 5.74) is -0.168. The van der Waals surface area contributed by atoms with E-state index in [1.54, 1.807) is 81.8 Å². The molecule has 352 valence electrons. The highest BCUT2D eigenvalue weighted by atomic mass is 35.5. The molecule has 6 aromatic carbocycles. The molecule has 0 spiro atoms. The first-order valence-corrected chi connectivity index (χ1v) is 25.8. The van der Waals surface area contributed by atoms with Gasteiger partial charge in [0.15, 0.2) is 0 Å². The summed E-state index contributed by atoms with van der Waals surface area (Å²) in [6.45, 7) is -3.12. The highest BCUT2D eigenvalue weighted by molar-refractivity contribution is 8.09. The van der Waals surface area contributed by atoms with Gasteiger partial charge in [-0.3, -0.25) is 18.9 Å². The Balaban J connectivity index is 1.24. The van der Waals surface area contributed by atoms with Gasteiger partial charge in [0.1, 0.15) is 52.8 Å². The van der Waals surface area contributed by atoms with Crippen LogP contribution in [0, 0.1) is 6.92 Å². The summed E-state index contributed by atoms with van der Waals surface area (Å²) in [7, 11) is -1.67. The molecule has 1 N–H and O–H groups in total. The van der Waals surface area contributed by atoms with Crippen molar-refractivity contribution in [3.63, 3.8) is 0 Å². The smallest absolute Gasteiger partial charge is 0.497 e. The number of nitrogens with one attached hydrogen (secondary N) is 1. The lowest BCUT2D eigenvalue weighted by atomic mass is 9.80. The summed E-state index contributed by atoms with van der Waals surface area (Å²) in [5.74, 6) is 1.55. The number of nitrogens with zero attached hydrogens (tertiary/aromatic N) is 1. The fourth-order valence-electron chi connectivity index (χ4n) is 7.49. The Labute approximate surface area is 407 Å². The number of para-hydroxylation sites is 2. The highest BCUT2D eigenvalue weighted by Crippen LogP contribution is 2.66. The lowest BCUT2D eigenvalue weighted by Crippen LogP contribution is -2.38. The zero-order valence-corrected chi connectivity index (χ0v) is 40.8. The number of H-pyrrole nitrogens is 1.